The van der Waals surface area contributed by atoms with E-state index in [4.69, 9.17) is 14.2 Å². The quantitative estimate of drug-likeness (QED) is 0.0281. The highest BCUT2D eigenvalue weighted by molar-refractivity contribution is 5.72. The maximum absolute atomic E-state index is 12.8. The Kier molecular flexibility index (Phi) is 44.4. The van der Waals surface area contributed by atoms with Crippen LogP contribution in [0.15, 0.2) is 60.8 Å². The van der Waals surface area contributed by atoms with Crippen molar-refractivity contribution < 1.29 is 38.2 Å². The molecule has 0 amide bonds. The fraction of sp³-hybridized carbons (Fsp3) is 0.768. The third-order valence-corrected chi connectivity index (χ3v) is 11.7. The van der Waals surface area contributed by atoms with Crippen LogP contribution >= 0.6 is 0 Å². The smallest absolute Gasteiger partial charge is 0.362 e. The highest BCUT2D eigenvalue weighted by atomic mass is 16.6. The van der Waals surface area contributed by atoms with Gasteiger partial charge in [0.05, 0.1) is 34.4 Å². The van der Waals surface area contributed by atoms with E-state index in [1.807, 2.05) is 21.1 Å². The Balaban J connectivity index is 4.20. The molecule has 2 atom stereocenters. The molecule has 1 N–H and O–H groups in total. The first-order valence-corrected chi connectivity index (χ1v) is 26.3. The van der Waals surface area contributed by atoms with Crippen LogP contribution in [0.1, 0.15) is 226 Å². The van der Waals surface area contributed by atoms with Gasteiger partial charge in [-0.15, -0.1) is 0 Å². The van der Waals surface area contributed by atoms with Gasteiger partial charge in [0.1, 0.15) is 6.61 Å². The van der Waals surface area contributed by atoms with E-state index in [-0.39, 0.29) is 36.2 Å². The number of carboxylic acid groups (broad SMARTS) is 1. The summed E-state index contributed by atoms with van der Waals surface area (Å²) in [5.41, 5.74) is 0. The summed E-state index contributed by atoms with van der Waals surface area (Å²) in [5, 5.41) is 9.66. The van der Waals surface area contributed by atoms with Gasteiger partial charge in [0.2, 0.25) is 0 Å². The molecule has 8 heteroatoms. The second-order valence-corrected chi connectivity index (χ2v) is 18.7. The van der Waals surface area contributed by atoms with Gasteiger partial charge in [-0.1, -0.05) is 190 Å². The summed E-state index contributed by atoms with van der Waals surface area (Å²) >= 11 is 0. The number of carbonyl (C=O) groups is 3. The molecule has 0 aliphatic carbocycles. The Morgan fingerprint density at radius 3 is 1.30 bits per heavy atom. The molecule has 0 aromatic carbocycles. The van der Waals surface area contributed by atoms with Gasteiger partial charge in [-0.2, -0.15) is 0 Å². The second kappa shape index (κ2) is 46.6. The minimum Gasteiger partial charge on any atom is -0.477 e. The third-order valence-electron chi connectivity index (χ3n) is 11.7. The number of allylic oxidation sites excluding steroid dienone is 10. The van der Waals surface area contributed by atoms with Crippen LogP contribution in [0.5, 0.6) is 0 Å². The van der Waals surface area contributed by atoms with E-state index in [9.17, 15) is 19.5 Å². The van der Waals surface area contributed by atoms with E-state index in [1.165, 1.54) is 122 Å². The van der Waals surface area contributed by atoms with E-state index >= 15 is 0 Å². The average molecular weight is 899 g/mol. The summed E-state index contributed by atoms with van der Waals surface area (Å²) in [6.45, 7) is 4.61. The number of aliphatic carboxylic acids is 1. The molecule has 0 aliphatic heterocycles. The first-order valence-electron chi connectivity index (χ1n) is 26.3. The average Bonchev–Trinajstić information content (AvgIpc) is 3.26. The molecular weight excluding hydrogens is 799 g/mol. The second-order valence-electron chi connectivity index (χ2n) is 18.7. The number of rotatable bonds is 47. The topological polar surface area (TPSA) is 99.1 Å². The molecule has 0 aliphatic rings. The molecular formula is C56H100NO7+. The summed E-state index contributed by atoms with van der Waals surface area (Å²) in [6.07, 6.45) is 58.4. The minimum atomic E-state index is -0.876. The van der Waals surface area contributed by atoms with Crippen molar-refractivity contribution in [3.8, 4) is 0 Å². The first kappa shape index (κ1) is 61.0. The van der Waals surface area contributed by atoms with Crippen LogP contribution in [0, 0.1) is 0 Å². The van der Waals surface area contributed by atoms with E-state index in [2.05, 4.69) is 74.6 Å². The highest BCUT2D eigenvalue weighted by Gasteiger charge is 2.31. The summed E-state index contributed by atoms with van der Waals surface area (Å²) in [6, 6.07) is -0.618. The summed E-state index contributed by atoms with van der Waals surface area (Å²) in [5.74, 6) is -1.47. The highest BCUT2D eigenvalue weighted by Crippen LogP contribution is 2.16. The lowest BCUT2D eigenvalue weighted by molar-refractivity contribution is -0.887. The summed E-state index contributed by atoms with van der Waals surface area (Å²) in [7, 11) is 5.53. The maximum atomic E-state index is 12.8. The molecule has 0 saturated carbocycles. The molecule has 0 aromatic heterocycles. The number of carbonyl (C=O) groups excluding carboxylic acids is 2. The van der Waals surface area contributed by atoms with Crippen molar-refractivity contribution in [3.63, 3.8) is 0 Å². The number of likely N-dealkylation sites (N-methyl/N-ethyl adjacent to an activating group) is 1. The van der Waals surface area contributed by atoms with Crippen LogP contribution in [-0.4, -0.2) is 80.6 Å². The Bertz CT molecular complexity index is 1230. The van der Waals surface area contributed by atoms with Crippen molar-refractivity contribution in [2.24, 2.45) is 0 Å². The number of hydrogen-bond donors (Lipinski definition) is 1. The standard InChI is InChI=1S/C56H99NO7/c1-6-8-10-12-14-16-18-20-22-24-25-26-27-28-29-31-32-34-36-38-40-42-44-46-54(58)63-51-52(50-62-49-48-53(56(60)61)57(3,4)5)64-55(59)47-45-43-41-39-37-35-33-30-23-21-19-17-15-13-11-9-7-2/h8,10,14-17,20-23,52-53H,6-7,9,11-13,18-19,24-51H2,1-5H3/p+1/b10-8+,16-14+,17-15+,22-20+,23-21+. The monoisotopic (exact) mass is 899 g/mol. The normalized spacial score (nSPS) is 13.3. The van der Waals surface area contributed by atoms with Crippen LogP contribution in [0.2, 0.25) is 0 Å². The number of carboxylic acids is 1. The molecule has 0 rings (SSSR count). The minimum absolute atomic E-state index is 0.0552. The van der Waals surface area contributed by atoms with Gasteiger partial charge < -0.3 is 23.8 Å². The van der Waals surface area contributed by atoms with E-state index in [1.54, 1.807) is 0 Å². The number of hydrogen-bond acceptors (Lipinski definition) is 6. The van der Waals surface area contributed by atoms with Crippen LogP contribution in [0.4, 0.5) is 0 Å². The first-order chi connectivity index (χ1) is 31.1. The molecule has 0 fully saturated rings. The Labute approximate surface area is 394 Å². The van der Waals surface area contributed by atoms with Crippen LogP contribution in [0.3, 0.4) is 0 Å². The van der Waals surface area contributed by atoms with Crippen molar-refractivity contribution in [1.29, 1.82) is 0 Å². The van der Waals surface area contributed by atoms with Crippen molar-refractivity contribution >= 4 is 17.9 Å². The zero-order chi connectivity index (χ0) is 47.0. The van der Waals surface area contributed by atoms with E-state index in [0.29, 0.717) is 19.3 Å². The summed E-state index contributed by atoms with van der Waals surface area (Å²) in [4.78, 5) is 37.2. The lowest BCUT2D eigenvalue weighted by Gasteiger charge is -2.31. The van der Waals surface area contributed by atoms with Gasteiger partial charge in [0.15, 0.2) is 12.1 Å². The molecule has 0 saturated heterocycles. The number of unbranched alkanes of at least 4 members (excludes halogenated alkanes) is 23. The molecule has 64 heavy (non-hydrogen) atoms. The molecule has 2 unspecified atom stereocenters. The molecule has 0 radical (unpaired) electrons. The van der Waals surface area contributed by atoms with Crippen LogP contribution < -0.4 is 0 Å². The predicted octanol–water partition coefficient (Wildman–Crippen LogP) is 15.3. The fourth-order valence-electron chi connectivity index (χ4n) is 7.61. The molecule has 8 nitrogen and oxygen atoms in total. The Morgan fingerprint density at radius 1 is 0.484 bits per heavy atom. The number of nitrogens with zero attached hydrogens (tertiary/aromatic N) is 1. The molecule has 0 heterocycles. The number of esters is 2. The SMILES string of the molecule is CC/C=C/C/C=C/C/C=C/CCCCCCCCCCCCCCCC(=O)OCC(COCCC(C(=O)O)[N+](C)(C)C)OC(=O)CCCCCCCCC/C=C/C/C=C/CCCCC. The molecule has 0 spiro atoms. The van der Waals surface area contributed by atoms with Crippen LogP contribution in [0.25, 0.3) is 0 Å². The van der Waals surface area contributed by atoms with Gasteiger partial charge in [-0.05, 0) is 77.0 Å². The van der Waals surface area contributed by atoms with E-state index < -0.39 is 18.1 Å². The van der Waals surface area contributed by atoms with E-state index in [0.717, 1.165) is 70.6 Å². The van der Waals surface area contributed by atoms with Gasteiger partial charge in [0.25, 0.3) is 0 Å². The lowest BCUT2D eigenvalue weighted by Crippen LogP contribution is -2.50. The largest absolute Gasteiger partial charge is 0.477 e. The van der Waals surface area contributed by atoms with Crippen molar-refractivity contribution in [3.05, 3.63) is 60.8 Å². The zero-order valence-electron chi connectivity index (χ0n) is 42.2. The van der Waals surface area contributed by atoms with Crippen LogP contribution in [-0.2, 0) is 28.6 Å². The zero-order valence-corrected chi connectivity index (χ0v) is 42.2. The van der Waals surface area contributed by atoms with Gasteiger partial charge in [-0.25, -0.2) is 4.79 Å². The van der Waals surface area contributed by atoms with Gasteiger partial charge in [0, 0.05) is 19.3 Å². The predicted molar refractivity (Wildman–Crippen MR) is 271 cm³/mol. The lowest BCUT2D eigenvalue weighted by atomic mass is 10.0. The van der Waals surface area contributed by atoms with Gasteiger partial charge >= 0.3 is 17.9 Å². The van der Waals surface area contributed by atoms with Crippen molar-refractivity contribution in [2.45, 2.75) is 238 Å². The van der Waals surface area contributed by atoms with Gasteiger partial charge in [-0.3, -0.25) is 9.59 Å². The fourth-order valence-corrected chi connectivity index (χ4v) is 7.61. The summed E-state index contributed by atoms with van der Waals surface area (Å²) < 4.78 is 17.4. The number of quaternary nitrogens is 1. The Morgan fingerprint density at radius 2 is 0.875 bits per heavy atom. The number of ether oxygens (including phenoxy) is 3. The molecule has 0 bridgehead atoms. The molecule has 0 aromatic rings. The molecule has 370 valence electrons. The maximum Gasteiger partial charge on any atom is 0.362 e. The third kappa shape index (κ3) is 44.2. The van der Waals surface area contributed by atoms with Crippen molar-refractivity contribution in [2.75, 3.05) is 41.0 Å². The Hall–Kier alpha value is -2.97. The van der Waals surface area contributed by atoms with Crippen molar-refractivity contribution in [1.82, 2.24) is 0 Å².